The third kappa shape index (κ3) is 8.82. The lowest BCUT2D eigenvalue weighted by Gasteiger charge is -2.35. The van der Waals surface area contributed by atoms with Gasteiger partial charge in [0.05, 0.1) is 22.4 Å². The molecule has 0 spiro atoms. The number of alkyl carbamates (subject to hydrolysis) is 1. The molecule has 4 rings (SSSR count). The average Bonchev–Trinajstić information content (AvgIpc) is 3.58. The molecule has 2 aromatic carbocycles. The molecular weight excluding hydrogens is 701 g/mol. The first kappa shape index (κ1) is 38.7. The van der Waals surface area contributed by atoms with Crippen LogP contribution in [0.4, 0.5) is 32.4 Å². The van der Waals surface area contributed by atoms with Gasteiger partial charge in [0.25, 0.3) is 12.3 Å². The Balaban J connectivity index is 1.82. The number of ether oxygens (including phenoxy) is 1. The summed E-state index contributed by atoms with van der Waals surface area (Å²) in [6.07, 6.45) is -7.32. The minimum absolute atomic E-state index is 0.0773. The predicted molar refractivity (Wildman–Crippen MR) is 183 cm³/mol. The molecule has 1 fully saturated rings. The van der Waals surface area contributed by atoms with Crippen molar-refractivity contribution in [2.24, 2.45) is 22.6 Å². The Morgan fingerprint density at radius 2 is 1.84 bits per heavy atom. The number of carbonyl (C=O) groups is 2. The van der Waals surface area contributed by atoms with Gasteiger partial charge in [-0.1, -0.05) is 62.7 Å². The number of aliphatic imine (C=N–C) groups is 1. The number of hydrogen-bond donors (Lipinski definition) is 3. The van der Waals surface area contributed by atoms with Gasteiger partial charge >= 0.3 is 12.3 Å². The van der Waals surface area contributed by atoms with Crippen LogP contribution < -0.4 is 15.6 Å². The Kier molecular flexibility index (Phi) is 11.4. The third-order valence-electron chi connectivity index (χ3n) is 7.82. The maximum absolute atomic E-state index is 14.8. The van der Waals surface area contributed by atoms with Gasteiger partial charge in [0, 0.05) is 32.6 Å². The van der Waals surface area contributed by atoms with Gasteiger partial charge < -0.3 is 15.4 Å². The number of amidine groups is 1. The van der Waals surface area contributed by atoms with Gasteiger partial charge in [0.15, 0.2) is 11.8 Å². The number of nitrogens with one attached hydrogen (secondary N) is 3. The first-order chi connectivity index (χ1) is 23.8. The molecule has 3 aromatic rings. The number of hydrogen-bond acceptors (Lipinski definition) is 7. The molecule has 3 N–H and O–H groups in total. The number of benzene rings is 2. The van der Waals surface area contributed by atoms with Gasteiger partial charge in [-0.2, -0.15) is 23.4 Å². The van der Waals surface area contributed by atoms with E-state index >= 15 is 0 Å². The molecule has 2 atom stereocenters. The molecule has 0 radical (unpaired) electrons. The summed E-state index contributed by atoms with van der Waals surface area (Å²) in [4.78, 5) is 31.8. The van der Waals surface area contributed by atoms with E-state index in [1.165, 1.54) is 18.2 Å². The van der Waals surface area contributed by atoms with Crippen LogP contribution in [0.5, 0.6) is 0 Å². The quantitative estimate of drug-likeness (QED) is 0.0891. The molecule has 0 saturated carbocycles. The zero-order valence-corrected chi connectivity index (χ0v) is 29.1. The molecule has 1 aliphatic heterocycles. The van der Waals surface area contributed by atoms with Crippen LogP contribution in [0.25, 0.3) is 11.3 Å². The number of amides is 2. The van der Waals surface area contributed by atoms with E-state index in [9.17, 15) is 31.5 Å². The number of halogens is 6. The van der Waals surface area contributed by atoms with Crippen molar-refractivity contribution in [3.05, 3.63) is 70.9 Å². The normalized spacial score (nSPS) is 17.4. The first-order valence-corrected chi connectivity index (χ1v) is 15.8. The Hall–Kier alpha value is -5.06. The van der Waals surface area contributed by atoms with Crippen LogP contribution in [0.3, 0.4) is 0 Å². The SMILES string of the molecule is C=NN(/C(=N\C)C(F)F)c1cc([C@@H](COC(=O)NCC(F)(F)F)N2C(=N)N[C@](CC(C)(C)C)(c3ccc(-c4ccn(C)n4)cc3)C2=O)ccc1Cl. The Bertz CT molecular complexity index is 1810. The largest absolute Gasteiger partial charge is 0.447 e. The lowest BCUT2D eigenvalue weighted by atomic mass is 9.75. The summed E-state index contributed by atoms with van der Waals surface area (Å²) in [5.41, 5.74) is -0.113. The van der Waals surface area contributed by atoms with Gasteiger partial charge in [-0.05, 0) is 41.2 Å². The molecule has 12 nitrogen and oxygen atoms in total. The Morgan fingerprint density at radius 1 is 1.18 bits per heavy atom. The average molecular weight is 738 g/mol. The molecule has 0 aliphatic carbocycles. The third-order valence-corrected chi connectivity index (χ3v) is 8.14. The molecule has 1 aromatic heterocycles. The number of guanidine groups is 1. The van der Waals surface area contributed by atoms with E-state index < -0.39 is 66.5 Å². The summed E-state index contributed by atoms with van der Waals surface area (Å²) in [6.45, 7) is 6.62. The van der Waals surface area contributed by atoms with Crippen molar-refractivity contribution in [2.75, 3.05) is 25.2 Å². The summed E-state index contributed by atoms with van der Waals surface area (Å²) >= 11 is 6.39. The summed E-state index contributed by atoms with van der Waals surface area (Å²) in [5.74, 6) is -1.87. The summed E-state index contributed by atoms with van der Waals surface area (Å²) in [7, 11) is 2.89. The van der Waals surface area contributed by atoms with Crippen LogP contribution in [-0.4, -0.2) is 78.0 Å². The second-order valence-electron chi connectivity index (χ2n) is 12.9. The fourth-order valence-corrected chi connectivity index (χ4v) is 5.98. The second kappa shape index (κ2) is 15.0. The molecular formula is C33H37ClF5N9O3. The van der Waals surface area contributed by atoms with E-state index in [1.807, 2.05) is 26.8 Å². The number of carbonyl (C=O) groups excluding carboxylic acids is 2. The lowest BCUT2D eigenvalue weighted by Crippen LogP contribution is -2.47. The van der Waals surface area contributed by atoms with Gasteiger partial charge in [-0.25, -0.2) is 18.6 Å². The van der Waals surface area contributed by atoms with Crippen molar-refractivity contribution in [1.29, 1.82) is 5.41 Å². The lowest BCUT2D eigenvalue weighted by molar-refractivity contribution is -0.134. The summed E-state index contributed by atoms with van der Waals surface area (Å²) in [6, 6.07) is 11.4. The van der Waals surface area contributed by atoms with Crippen LogP contribution in [0, 0.1) is 10.8 Å². The first-order valence-electron chi connectivity index (χ1n) is 15.4. The highest BCUT2D eigenvalue weighted by atomic mass is 35.5. The molecule has 2 amide bonds. The van der Waals surface area contributed by atoms with Gasteiger partial charge in [0.1, 0.15) is 18.7 Å². The van der Waals surface area contributed by atoms with Crippen LogP contribution in [-0.2, 0) is 22.1 Å². The highest BCUT2D eigenvalue weighted by Gasteiger charge is 2.54. The van der Waals surface area contributed by atoms with E-state index in [0.29, 0.717) is 16.3 Å². The zero-order chi connectivity index (χ0) is 37.9. The molecule has 1 aliphatic rings. The number of anilines is 1. The van der Waals surface area contributed by atoms with Crippen LogP contribution in [0.15, 0.2) is 64.8 Å². The van der Waals surface area contributed by atoms with Crippen molar-refractivity contribution >= 4 is 47.8 Å². The van der Waals surface area contributed by atoms with Crippen LogP contribution in [0.1, 0.15) is 44.4 Å². The predicted octanol–water partition coefficient (Wildman–Crippen LogP) is 6.48. The Labute approximate surface area is 295 Å². The van der Waals surface area contributed by atoms with Crippen molar-refractivity contribution in [3.8, 4) is 11.3 Å². The molecule has 2 heterocycles. The second-order valence-corrected chi connectivity index (χ2v) is 13.3. The number of rotatable bonds is 11. The van der Waals surface area contributed by atoms with Crippen molar-refractivity contribution in [1.82, 2.24) is 25.3 Å². The highest BCUT2D eigenvalue weighted by Crippen LogP contribution is 2.43. The van der Waals surface area contributed by atoms with Crippen LogP contribution >= 0.6 is 11.6 Å². The van der Waals surface area contributed by atoms with E-state index in [2.05, 4.69) is 27.2 Å². The zero-order valence-electron chi connectivity index (χ0n) is 28.4. The molecule has 18 heteroatoms. The molecule has 1 saturated heterocycles. The number of hydrazone groups is 1. The van der Waals surface area contributed by atoms with Crippen molar-refractivity contribution < 1.29 is 36.3 Å². The molecule has 274 valence electrons. The van der Waals surface area contributed by atoms with Crippen molar-refractivity contribution in [3.63, 3.8) is 0 Å². The summed E-state index contributed by atoms with van der Waals surface area (Å²) in [5, 5.41) is 22.3. The molecule has 0 bridgehead atoms. The highest BCUT2D eigenvalue weighted by molar-refractivity contribution is 6.34. The molecule has 0 unspecified atom stereocenters. The smallest absolute Gasteiger partial charge is 0.407 e. The molecule has 51 heavy (non-hydrogen) atoms. The van der Waals surface area contributed by atoms with E-state index in [0.717, 1.165) is 17.5 Å². The number of aryl methyl sites for hydroxylation is 1. The standard InChI is InChI=1S/C33H37ClF5N9O3/c1-31(2,3)17-32(21-10-7-19(8-11-21)23-13-14-46(6)45-23)28(49)47(29(40)44-32)25(16-51-30(50)43-18-33(37,38)39)20-9-12-22(34)24(15-20)48(42-5)27(41-4)26(35)36/h7-15,25-26H,5,16-18H2,1-4,6H3,(H2,40,44)(H,43,50)/b41-27-/t25-,32-/m1/s1. The van der Waals surface area contributed by atoms with E-state index in [1.54, 1.807) is 47.5 Å². The minimum atomic E-state index is -4.73. The van der Waals surface area contributed by atoms with Gasteiger partial charge in [0.2, 0.25) is 0 Å². The number of alkyl halides is 5. The van der Waals surface area contributed by atoms with Crippen LogP contribution in [0.2, 0.25) is 5.02 Å². The maximum Gasteiger partial charge on any atom is 0.407 e. The van der Waals surface area contributed by atoms with Gasteiger partial charge in [-0.15, -0.1) is 0 Å². The fourth-order valence-electron chi connectivity index (χ4n) is 5.78. The van der Waals surface area contributed by atoms with Gasteiger partial charge in [-0.3, -0.25) is 24.8 Å². The number of aromatic nitrogens is 2. The van der Waals surface area contributed by atoms with E-state index in [-0.39, 0.29) is 22.7 Å². The van der Waals surface area contributed by atoms with E-state index in [4.69, 9.17) is 21.7 Å². The monoisotopic (exact) mass is 737 g/mol. The summed E-state index contributed by atoms with van der Waals surface area (Å²) < 4.78 is 73.0. The fraction of sp³-hybridized carbons (Fsp3) is 0.394. The minimum Gasteiger partial charge on any atom is -0.447 e. The topological polar surface area (TPSA) is 140 Å². The van der Waals surface area contributed by atoms with Crippen molar-refractivity contribution in [2.45, 2.75) is 51.4 Å². The number of nitrogens with zero attached hydrogens (tertiary/aromatic N) is 6. The maximum atomic E-state index is 14.8. The Morgan fingerprint density at radius 3 is 2.37 bits per heavy atom.